The molecule has 7 nitrogen and oxygen atoms in total. The molecular formula is C10H10F2N4O3. The maximum Gasteiger partial charge on any atom is 0.388 e. The van der Waals surface area contributed by atoms with Gasteiger partial charge in [-0.15, -0.1) is 5.10 Å². The Labute approximate surface area is 106 Å². The Morgan fingerprint density at radius 2 is 2.21 bits per heavy atom. The molecule has 9 heteroatoms. The van der Waals surface area contributed by atoms with Gasteiger partial charge in [-0.1, -0.05) is 0 Å². The van der Waals surface area contributed by atoms with Crippen LogP contribution in [0.5, 0.6) is 11.6 Å². The summed E-state index contributed by atoms with van der Waals surface area (Å²) in [6.07, 6.45) is 1.33. The smallest absolute Gasteiger partial charge is 0.388 e. The Kier molecular flexibility index (Phi) is 3.45. The van der Waals surface area contributed by atoms with Gasteiger partial charge >= 0.3 is 6.61 Å². The van der Waals surface area contributed by atoms with Crippen molar-refractivity contribution in [2.24, 2.45) is 7.05 Å². The fourth-order valence-corrected chi connectivity index (χ4v) is 1.53. The average molecular weight is 272 g/mol. The van der Waals surface area contributed by atoms with Crippen LogP contribution in [0.15, 0.2) is 12.3 Å². The summed E-state index contributed by atoms with van der Waals surface area (Å²) in [5.74, 6) is 0.436. The van der Waals surface area contributed by atoms with Crippen LogP contribution in [0.3, 0.4) is 0 Å². The third-order valence-electron chi connectivity index (χ3n) is 2.39. The summed E-state index contributed by atoms with van der Waals surface area (Å²) < 4.78 is 35.8. The molecule has 0 aliphatic heterocycles. The molecule has 0 amide bonds. The number of halogens is 2. The molecule has 0 aliphatic carbocycles. The van der Waals surface area contributed by atoms with Crippen molar-refractivity contribution in [1.82, 2.24) is 19.6 Å². The van der Waals surface area contributed by atoms with Gasteiger partial charge in [0.2, 0.25) is 5.88 Å². The molecule has 0 saturated heterocycles. The van der Waals surface area contributed by atoms with E-state index >= 15 is 0 Å². The predicted octanol–water partition coefficient (Wildman–Crippen LogP) is 1.05. The van der Waals surface area contributed by atoms with Gasteiger partial charge in [0.05, 0.1) is 11.9 Å². The zero-order valence-electron chi connectivity index (χ0n) is 10.1. The van der Waals surface area contributed by atoms with Crippen molar-refractivity contribution in [2.75, 3.05) is 0 Å². The van der Waals surface area contributed by atoms with Crippen LogP contribution in [0.4, 0.5) is 8.78 Å². The van der Waals surface area contributed by atoms with Crippen molar-refractivity contribution in [1.29, 1.82) is 0 Å². The minimum atomic E-state index is -2.93. The summed E-state index contributed by atoms with van der Waals surface area (Å²) in [6, 6.07) is 1.30. The highest BCUT2D eigenvalue weighted by atomic mass is 19.3. The molecule has 0 aliphatic rings. The first kappa shape index (κ1) is 13.0. The maximum absolute atomic E-state index is 12.2. The van der Waals surface area contributed by atoms with Crippen LogP contribution >= 0.6 is 0 Å². The second kappa shape index (κ2) is 5.04. The van der Waals surface area contributed by atoms with E-state index in [9.17, 15) is 13.6 Å². The topological polar surface area (TPSA) is 71.2 Å². The van der Waals surface area contributed by atoms with Gasteiger partial charge in [-0.05, 0) is 6.92 Å². The molecule has 0 bridgehead atoms. The lowest BCUT2D eigenvalue weighted by Gasteiger charge is -2.01. The molecule has 2 rings (SSSR count). The van der Waals surface area contributed by atoms with Gasteiger partial charge in [-0.25, -0.2) is 9.36 Å². The third-order valence-corrected chi connectivity index (χ3v) is 2.39. The number of rotatable bonds is 5. The Bertz CT molecular complexity index is 594. The summed E-state index contributed by atoms with van der Waals surface area (Å²) >= 11 is 0. The van der Waals surface area contributed by atoms with Crippen LogP contribution in [0.25, 0.3) is 5.82 Å². The molecule has 0 fully saturated rings. The van der Waals surface area contributed by atoms with Gasteiger partial charge in [0, 0.05) is 13.1 Å². The van der Waals surface area contributed by atoms with Gasteiger partial charge < -0.3 is 9.47 Å². The van der Waals surface area contributed by atoms with Gasteiger partial charge in [0.1, 0.15) is 0 Å². The molecule has 0 radical (unpaired) electrons. The third kappa shape index (κ3) is 2.54. The molecule has 0 unspecified atom stereocenters. The molecular weight excluding hydrogens is 262 g/mol. The van der Waals surface area contributed by atoms with Gasteiger partial charge in [0.25, 0.3) is 6.47 Å². The first-order valence-electron chi connectivity index (χ1n) is 5.17. The highest BCUT2D eigenvalue weighted by molar-refractivity contribution is 5.46. The van der Waals surface area contributed by atoms with Gasteiger partial charge in [-0.2, -0.15) is 13.9 Å². The van der Waals surface area contributed by atoms with E-state index in [1.54, 1.807) is 6.92 Å². The summed E-state index contributed by atoms with van der Waals surface area (Å²) in [5.41, 5.74) is 0.508. The zero-order chi connectivity index (χ0) is 14.0. The molecule has 0 atom stereocenters. The van der Waals surface area contributed by atoms with Crippen LogP contribution < -0.4 is 9.47 Å². The highest BCUT2D eigenvalue weighted by Gasteiger charge is 2.16. The van der Waals surface area contributed by atoms with Gasteiger partial charge in [0.15, 0.2) is 11.6 Å². The van der Waals surface area contributed by atoms with E-state index in [1.807, 2.05) is 0 Å². The Morgan fingerprint density at radius 3 is 2.84 bits per heavy atom. The van der Waals surface area contributed by atoms with E-state index in [-0.39, 0.29) is 23.9 Å². The summed E-state index contributed by atoms with van der Waals surface area (Å²) in [5, 5.41) is 7.94. The van der Waals surface area contributed by atoms with Crippen LogP contribution in [-0.2, 0) is 11.8 Å². The summed E-state index contributed by atoms with van der Waals surface area (Å²) in [7, 11) is 1.46. The molecule has 0 spiro atoms. The van der Waals surface area contributed by atoms with Crippen LogP contribution in [0, 0.1) is 6.92 Å². The molecule has 19 heavy (non-hydrogen) atoms. The SMILES string of the molecule is Cc1c(OC=O)cnn1-c1cc(OC(F)F)n(C)n1. The molecule has 102 valence electrons. The first-order valence-corrected chi connectivity index (χ1v) is 5.17. The fraction of sp³-hybridized carbons (Fsp3) is 0.300. The molecule has 2 aromatic rings. The van der Waals surface area contributed by atoms with Crippen molar-refractivity contribution in [3.63, 3.8) is 0 Å². The van der Waals surface area contributed by atoms with E-state index in [1.165, 1.54) is 24.0 Å². The number of alkyl halides is 2. The number of aryl methyl sites for hydroxylation is 1. The maximum atomic E-state index is 12.2. The number of hydrogen-bond acceptors (Lipinski definition) is 5. The van der Waals surface area contributed by atoms with E-state index in [0.29, 0.717) is 5.69 Å². The minimum absolute atomic E-state index is 0.0993. The largest absolute Gasteiger partial charge is 0.425 e. The standard InChI is InChI=1S/C10H10F2N4O3/c1-6-7(18-5-17)4-13-16(6)8-3-9(15(2)14-8)19-10(11)12/h3-5,10H,1-2H3. The lowest BCUT2D eigenvalue weighted by Crippen LogP contribution is -2.06. The first-order chi connectivity index (χ1) is 9.02. The Hall–Kier alpha value is -2.45. The van der Waals surface area contributed by atoms with E-state index in [0.717, 1.165) is 4.68 Å². The number of aromatic nitrogens is 4. The number of carbonyl (C=O) groups excluding carboxylic acids is 1. The van der Waals surface area contributed by atoms with Crippen molar-refractivity contribution >= 4 is 6.47 Å². The second-order valence-corrected chi connectivity index (χ2v) is 3.56. The Balaban J connectivity index is 2.34. The average Bonchev–Trinajstić information content (AvgIpc) is 2.85. The molecule has 0 aromatic carbocycles. The molecule has 2 heterocycles. The molecule has 0 N–H and O–H groups in total. The number of ether oxygens (including phenoxy) is 2. The van der Waals surface area contributed by atoms with E-state index in [2.05, 4.69) is 14.9 Å². The Morgan fingerprint density at radius 1 is 1.47 bits per heavy atom. The predicted molar refractivity (Wildman–Crippen MR) is 58.4 cm³/mol. The summed E-state index contributed by atoms with van der Waals surface area (Å²) in [6.45, 7) is -1.01. The lowest BCUT2D eigenvalue weighted by molar-refractivity contribution is -0.120. The van der Waals surface area contributed by atoms with Crippen LogP contribution in [0.1, 0.15) is 5.69 Å². The second-order valence-electron chi connectivity index (χ2n) is 3.56. The van der Waals surface area contributed by atoms with Crippen molar-refractivity contribution in [2.45, 2.75) is 13.5 Å². The van der Waals surface area contributed by atoms with Crippen LogP contribution in [0.2, 0.25) is 0 Å². The zero-order valence-corrected chi connectivity index (χ0v) is 10.1. The van der Waals surface area contributed by atoms with Gasteiger partial charge in [-0.3, -0.25) is 4.79 Å². The fourth-order valence-electron chi connectivity index (χ4n) is 1.53. The highest BCUT2D eigenvalue weighted by Crippen LogP contribution is 2.22. The van der Waals surface area contributed by atoms with E-state index in [4.69, 9.17) is 4.74 Å². The van der Waals surface area contributed by atoms with Crippen molar-refractivity contribution in [3.8, 4) is 17.4 Å². The summed E-state index contributed by atoms with van der Waals surface area (Å²) in [4.78, 5) is 10.3. The molecule has 2 aromatic heterocycles. The monoisotopic (exact) mass is 272 g/mol. The van der Waals surface area contributed by atoms with Crippen molar-refractivity contribution in [3.05, 3.63) is 18.0 Å². The normalized spacial score (nSPS) is 10.8. The molecule has 0 saturated carbocycles. The minimum Gasteiger partial charge on any atom is -0.425 e. The lowest BCUT2D eigenvalue weighted by atomic mass is 10.4. The number of nitrogens with zero attached hydrogens (tertiary/aromatic N) is 4. The quantitative estimate of drug-likeness (QED) is 0.761. The van der Waals surface area contributed by atoms with E-state index < -0.39 is 6.61 Å². The van der Waals surface area contributed by atoms with Crippen LogP contribution in [-0.4, -0.2) is 32.6 Å². The number of hydrogen-bond donors (Lipinski definition) is 0. The van der Waals surface area contributed by atoms with Crippen molar-refractivity contribution < 1.29 is 23.0 Å². The number of carbonyl (C=O) groups is 1.